The van der Waals surface area contributed by atoms with E-state index in [0.717, 1.165) is 24.3 Å². The molecule has 6 heteroatoms. The fraction of sp³-hybridized carbons (Fsp3) is 0.471. The predicted octanol–water partition coefficient (Wildman–Crippen LogP) is 2.44. The normalized spacial score (nSPS) is 22.7. The number of thioether (sulfide) groups is 1. The second kappa shape index (κ2) is 6.74. The first-order valence-corrected chi connectivity index (χ1v) is 8.61. The zero-order chi connectivity index (χ0) is 16.4. The number of fused-ring (bicyclic) bond motifs is 2. The van der Waals surface area contributed by atoms with Gasteiger partial charge in [0.05, 0.1) is 21.3 Å². The van der Waals surface area contributed by atoms with E-state index in [1.54, 1.807) is 33.5 Å². The Kier molecular flexibility index (Phi) is 4.71. The summed E-state index contributed by atoms with van der Waals surface area (Å²) in [5.74, 6) is 2.85. The van der Waals surface area contributed by atoms with E-state index in [2.05, 4.69) is 0 Å². The topological polar surface area (TPSA) is 48.0 Å². The van der Waals surface area contributed by atoms with Gasteiger partial charge in [-0.1, -0.05) is 0 Å². The summed E-state index contributed by atoms with van der Waals surface area (Å²) >= 11 is 1.98. The van der Waals surface area contributed by atoms with E-state index in [1.165, 1.54) is 0 Å². The van der Waals surface area contributed by atoms with Crippen LogP contribution in [0.15, 0.2) is 18.2 Å². The molecule has 3 rings (SSSR count). The Bertz CT molecular complexity index is 606. The summed E-state index contributed by atoms with van der Waals surface area (Å²) in [6, 6.07) is 4.07. The molecule has 0 aromatic heterocycles. The van der Waals surface area contributed by atoms with Gasteiger partial charge in [-0.3, -0.25) is 4.79 Å². The lowest BCUT2D eigenvalue weighted by atomic mass is 10.1. The zero-order valence-electron chi connectivity index (χ0n) is 13.6. The van der Waals surface area contributed by atoms with Crippen LogP contribution in [0, 0.1) is 0 Å². The molecule has 2 saturated heterocycles. The van der Waals surface area contributed by atoms with Crippen molar-refractivity contribution in [3.05, 3.63) is 23.8 Å². The maximum absolute atomic E-state index is 12.4. The van der Waals surface area contributed by atoms with Crippen molar-refractivity contribution in [2.75, 3.05) is 33.6 Å². The number of carbonyl (C=O) groups is 1. The average molecular weight is 335 g/mol. The Hall–Kier alpha value is -1.82. The SMILES string of the molecule is COc1cc(/C=C/C(=O)N2CC3CC2CS3)cc(OC)c1OC. The van der Waals surface area contributed by atoms with Crippen LogP contribution < -0.4 is 14.2 Å². The molecule has 2 bridgehead atoms. The van der Waals surface area contributed by atoms with Crippen molar-refractivity contribution >= 4 is 23.7 Å². The Morgan fingerprint density at radius 2 is 1.91 bits per heavy atom. The van der Waals surface area contributed by atoms with Gasteiger partial charge in [0.1, 0.15) is 0 Å². The molecular formula is C17H21NO4S. The molecular weight excluding hydrogens is 314 g/mol. The van der Waals surface area contributed by atoms with E-state index in [1.807, 2.05) is 28.8 Å². The van der Waals surface area contributed by atoms with Crippen LogP contribution in [-0.4, -0.2) is 55.7 Å². The molecule has 0 aliphatic carbocycles. The summed E-state index contributed by atoms with van der Waals surface area (Å²) in [5, 5.41) is 0.624. The van der Waals surface area contributed by atoms with Gasteiger partial charge >= 0.3 is 0 Å². The minimum Gasteiger partial charge on any atom is -0.493 e. The van der Waals surface area contributed by atoms with Gasteiger partial charge in [-0.2, -0.15) is 11.8 Å². The molecule has 23 heavy (non-hydrogen) atoms. The highest BCUT2D eigenvalue weighted by atomic mass is 32.2. The van der Waals surface area contributed by atoms with Gasteiger partial charge in [0.25, 0.3) is 0 Å². The summed E-state index contributed by atoms with van der Waals surface area (Å²) in [7, 11) is 4.73. The van der Waals surface area contributed by atoms with E-state index in [-0.39, 0.29) is 5.91 Å². The van der Waals surface area contributed by atoms with Crippen molar-refractivity contribution in [3.8, 4) is 17.2 Å². The van der Waals surface area contributed by atoms with Crippen molar-refractivity contribution in [1.82, 2.24) is 4.90 Å². The molecule has 2 fully saturated rings. The van der Waals surface area contributed by atoms with Gasteiger partial charge in [0.15, 0.2) is 11.5 Å². The predicted molar refractivity (Wildman–Crippen MR) is 91.5 cm³/mol. The Morgan fingerprint density at radius 1 is 1.22 bits per heavy atom. The molecule has 2 aliphatic heterocycles. The average Bonchev–Trinajstić information content (AvgIpc) is 3.21. The molecule has 1 aromatic carbocycles. The third kappa shape index (κ3) is 3.13. The lowest BCUT2D eigenvalue weighted by Gasteiger charge is -2.25. The van der Waals surface area contributed by atoms with Crippen LogP contribution in [-0.2, 0) is 4.79 Å². The van der Waals surface area contributed by atoms with Crippen LogP contribution in [0.25, 0.3) is 6.08 Å². The lowest BCUT2D eigenvalue weighted by Crippen LogP contribution is -2.38. The van der Waals surface area contributed by atoms with Crippen LogP contribution in [0.5, 0.6) is 17.2 Å². The second-order valence-corrected chi connectivity index (χ2v) is 6.96. The highest BCUT2D eigenvalue weighted by Gasteiger charge is 2.40. The first-order valence-electron chi connectivity index (χ1n) is 7.56. The van der Waals surface area contributed by atoms with Crippen molar-refractivity contribution < 1.29 is 19.0 Å². The molecule has 0 saturated carbocycles. The van der Waals surface area contributed by atoms with E-state index >= 15 is 0 Å². The first kappa shape index (κ1) is 16.1. The maximum atomic E-state index is 12.4. The number of likely N-dealkylation sites (tertiary alicyclic amines) is 1. The maximum Gasteiger partial charge on any atom is 0.246 e. The number of amides is 1. The van der Waals surface area contributed by atoms with E-state index in [4.69, 9.17) is 14.2 Å². The molecule has 1 aromatic rings. The Labute approximate surface area is 140 Å². The molecule has 0 spiro atoms. The number of rotatable bonds is 5. The number of ether oxygens (including phenoxy) is 3. The summed E-state index contributed by atoms with van der Waals surface area (Å²) in [4.78, 5) is 14.4. The van der Waals surface area contributed by atoms with Gasteiger partial charge in [-0.25, -0.2) is 0 Å². The van der Waals surface area contributed by atoms with Gasteiger partial charge in [-0.15, -0.1) is 0 Å². The summed E-state index contributed by atoms with van der Waals surface area (Å²) in [6.45, 7) is 0.869. The quantitative estimate of drug-likeness (QED) is 0.774. The second-order valence-electron chi connectivity index (χ2n) is 5.63. The number of carbonyl (C=O) groups excluding carboxylic acids is 1. The highest BCUT2D eigenvalue weighted by molar-refractivity contribution is 8.00. The van der Waals surface area contributed by atoms with Crippen molar-refractivity contribution in [2.24, 2.45) is 0 Å². The van der Waals surface area contributed by atoms with Crippen LogP contribution in [0.1, 0.15) is 12.0 Å². The lowest BCUT2D eigenvalue weighted by molar-refractivity contribution is -0.126. The molecule has 1 amide bonds. The summed E-state index contributed by atoms with van der Waals surface area (Å²) in [6.07, 6.45) is 4.56. The van der Waals surface area contributed by atoms with Gasteiger partial charge in [0, 0.05) is 29.7 Å². The van der Waals surface area contributed by atoms with E-state index in [9.17, 15) is 4.79 Å². The van der Waals surface area contributed by atoms with Gasteiger partial charge < -0.3 is 19.1 Å². The largest absolute Gasteiger partial charge is 0.493 e. The van der Waals surface area contributed by atoms with E-state index in [0.29, 0.717) is 28.5 Å². The van der Waals surface area contributed by atoms with Crippen LogP contribution in [0.2, 0.25) is 0 Å². The van der Waals surface area contributed by atoms with Gasteiger partial charge in [-0.05, 0) is 30.2 Å². The molecule has 5 nitrogen and oxygen atoms in total. The molecule has 2 atom stereocenters. The van der Waals surface area contributed by atoms with Crippen molar-refractivity contribution in [1.29, 1.82) is 0 Å². The Balaban J connectivity index is 1.78. The molecule has 124 valence electrons. The third-order valence-electron chi connectivity index (χ3n) is 4.29. The summed E-state index contributed by atoms with van der Waals surface area (Å²) in [5.41, 5.74) is 0.839. The summed E-state index contributed by atoms with van der Waals surface area (Å²) < 4.78 is 16.0. The third-order valence-corrected chi connectivity index (χ3v) is 5.68. The van der Waals surface area contributed by atoms with Crippen LogP contribution in [0.3, 0.4) is 0 Å². The molecule has 2 aliphatic rings. The number of benzene rings is 1. The zero-order valence-corrected chi connectivity index (χ0v) is 14.4. The minimum absolute atomic E-state index is 0.0755. The monoisotopic (exact) mass is 335 g/mol. The number of nitrogens with zero attached hydrogens (tertiary/aromatic N) is 1. The molecule has 0 radical (unpaired) electrons. The van der Waals surface area contributed by atoms with Crippen molar-refractivity contribution in [3.63, 3.8) is 0 Å². The fourth-order valence-electron chi connectivity index (χ4n) is 3.13. The van der Waals surface area contributed by atoms with Gasteiger partial charge in [0.2, 0.25) is 11.7 Å². The molecule has 2 unspecified atom stereocenters. The minimum atomic E-state index is 0.0755. The number of methoxy groups -OCH3 is 3. The smallest absolute Gasteiger partial charge is 0.246 e. The van der Waals surface area contributed by atoms with Crippen LogP contribution >= 0.6 is 11.8 Å². The number of hydrogen-bond donors (Lipinski definition) is 0. The Morgan fingerprint density at radius 3 is 2.39 bits per heavy atom. The first-order chi connectivity index (χ1) is 11.2. The molecule has 2 heterocycles. The van der Waals surface area contributed by atoms with Crippen molar-refractivity contribution in [2.45, 2.75) is 17.7 Å². The number of hydrogen-bond acceptors (Lipinski definition) is 5. The molecule has 0 N–H and O–H groups in total. The fourth-order valence-corrected chi connectivity index (χ4v) is 4.56. The standard InChI is InChI=1S/C17H21NO4S/c1-20-14-6-11(7-15(21-2)17(14)22-3)4-5-16(19)18-9-13-8-12(18)10-23-13/h4-7,12-13H,8-10H2,1-3H3/b5-4+. The van der Waals surface area contributed by atoms with Crippen LogP contribution in [0.4, 0.5) is 0 Å². The van der Waals surface area contributed by atoms with E-state index < -0.39 is 0 Å². The highest BCUT2D eigenvalue weighted by Crippen LogP contribution is 2.39.